The van der Waals surface area contributed by atoms with E-state index in [1.54, 1.807) is 0 Å². The first-order chi connectivity index (χ1) is 10.2. The zero-order valence-corrected chi connectivity index (χ0v) is 13.9. The van der Waals surface area contributed by atoms with Crippen molar-refractivity contribution >= 4 is 5.96 Å². The summed E-state index contributed by atoms with van der Waals surface area (Å²) in [6.07, 6.45) is 3.95. The van der Waals surface area contributed by atoms with Gasteiger partial charge in [0.25, 0.3) is 0 Å². The van der Waals surface area contributed by atoms with E-state index in [1.165, 1.54) is 19.3 Å². The van der Waals surface area contributed by atoms with Crippen molar-refractivity contribution in [3.05, 3.63) is 0 Å². The molecule has 1 saturated carbocycles. The standard InChI is InChI=1S/C16H32N4O/c1-13(2)10-15(20-6-8-21-9-7-20)12-19-16(17-3)18-11-14-4-5-14/h13-15H,4-12H2,1-3H3,(H2,17,18,19). The summed E-state index contributed by atoms with van der Waals surface area (Å²) in [7, 11) is 1.86. The number of morpholine rings is 1. The Hall–Kier alpha value is -0.810. The molecule has 0 amide bonds. The summed E-state index contributed by atoms with van der Waals surface area (Å²) >= 11 is 0. The zero-order valence-electron chi connectivity index (χ0n) is 13.9. The first-order valence-electron chi connectivity index (χ1n) is 8.45. The van der Waals surface area contributed by atoms with Crippen LogP contribution in [0.2, 0.25) is 0 Å². The van der Waals surface area contributed by atoms with E-state index in [0.29, 0.717) is 12.0 Å². The fourth-order valence-electron chi connectivity index (χ4n) is 2.85. The molecule has 1 aliphatic carbocycles. The van der Waals surface area contributed by atoms with Gasteiger partial charge in [-0.15, -0.1) is 0 Å². The van der Waals surface area contributed by atoms with Gasteiger partial charge in [0.2, 0.25) is 0 Å². The molecule has 0 aromatic rings. The third-order valence-corrected chi connectivity index (χ3v) is 4.29. The number of aliphatic imine (C=N–C) groups is 1. The molecular weight excluding hydrogens is 264 g/mol. The number of nitrogens with one attached hydrogen (secondary N) is 2. The molecule has 2 fully saturated rings. The highest BCUT2D eigenvalue weighted by Gasteiger charge is 2.23. The molecule has 1 heterocycles. The highest BCUT2D eigenvalue weighted by atomic mass is 16.5. The Morgan fingerprint density at radius 3 is 2.52 bits per heavy atom. The van der Waals surface area contributed by atoms with Gasteiger partial charge in [-0.05, 0) is 31.1 Å². The summed E-state index contributed by atoms with van der Waals surface area (Å²) < 4.78 is 5.48. The number of ether oxygens (including phenoxy) is 1. The van der Waals surface area contributed by atoms with Crippen LogP contribution in [0.5, 0.6) is 0 Å². The molecule has 1 aliphatic heterocycles. The largest absolute Gasteiger partial charge is 0.379 e. The van der Waals surface area contributed by atoms with Crippen molar-refractivity contribution in [1.82, 2.24) is 15.5 Å². The number of nitrogens with zero attached hydrogens (tertiary/aromatic N) is 2. The summed E-state index contributed by atoms with van der Waals surface area (Å²) in [5.41, 5.74) is 0. The molecular formula is C16H32N4O. The van der Waals surface area contributed by atoms with Gasteiger partial charge in [-0.1, -0.05) is 13.8 Å². The van der Waals surface area contributed by atoms with E-state index in [4.69, 9.17) is 4.74 Å². The van der Waals surface area contributed by atoms with Crippen LogP contribution >= 0.6 is 0 Å². The summed E-state index contributed by atoms with van der Waals surface area (Å²) in [6.45, 7) is 10.4. The van der Waals surface area contributed by atoms with Crippen molar-refractivity contribution < 1.29 is 4.74 Å². The summed E-state index contributed by atoms with van der Waals surface area (Å²) in [5.74, 6) is 2.53. The summed E-state index contributed by atoms with van der Waals surface area (Å²) in [4.78, 5) is 6.90. The van der Waals surface area contributed by atoms with Crippen molar-refractivity contribution in [2.24, 2.45) is 16.8 Å². The van der Waals surface area contributed by atoms with Crippen molar-refractivity contribution in [3.63, 3.8) is 0 Å². The number of guanidine groups is 1. The Morgan fingerprint density at radius 1 is 1.24 bits per heavy atom. The minimum absolute atomic E-state index is 0.563. The van der Waals surface area contributed by atoms with E-state index >= 15 is 0 Å². The maximum Gasteiger partial charge on any atom is 0.191 e. The van der Waals surface area contributed by atoms with Gasteiger partial charge in [-0.25, -0.2) is 0 Å². The smallest absolute Gasteiger partial charge is 0.191 e. The van der Waals surface area contributed by atoms with Crippen LogP contribution in [-0.4, -0.2) is 63.3 Å². The molecule has 21 heavy (non-hydrogen) atoms. The second kappa shape index (κ2) is 8.59. The molecule has 1 atom stereocenters. The summed E-state index contributed by atoms with van der Waals surface area (Å²) in [5, 5.41) is 6.95. The average Bonchev–Trinajstić information content (AvgIpc) is 3.31. The molecule has 1 saturated heterocycles. The molecule has 0 aromatic carbocycles. The Balaban J connectivity index is 1.78. The number of rotatable bonds is 7. The molecule has 122 valence electrons. The molecule has 2 rings (SSSR count). The number of hydrogen-bond acceptors (Lipinski definition) is 3. The Kier molecular flexibility index (Phi) is 6.77. The van der Waals surface area contributed by atoms with Crippen molar-refractivity contribution in [2.75, 3.05) is 46.4 Å². The minimum Gasteiger partial charge on any atom is -0.379 e. The molecule has 0 spiro atoms. The van der Waals surface area contributed by atoms with Gasteiger partial charge in [-0.3, -0.25) is 9.89 Å². The highest BCUT2D eigenvalue weighted by molar-refractivity contribution is 5.79. The predicted octanol–water partition coefficient (Wildman–Crippen LogP) is 1.31. The first kappa shape index (κ1) is 16.6. The maximum absolute atomic E-state index is 5.48. The lowest BCUT2D eigenvalue weighted by atomic mass is 10.0. The second-order valence-electron chi connectivity index (χ2n) is 6.71. The molecule has 0 radical (unpaired) electrons. The van der Waals surface area contributed by atoms with E-state index in [9.17, 15) is 0 Å². The van der Waals surface area contributed by atoms with Crippen molar-refractivity contribution in [3.8, 4) is 0 Å². The van der Waals surface area contributed by atoms with Crippen LogP contribution < -0.4 is 10.6 Å². The van der Waals surface area contributed by atoms with Gasteiger partial charge < -0.3 is 15.4 Å². The summed E-state index contributed by atoms with van der Waals surface area (Å²) in [6, 6.07) is 0.563. The van der Waals surface area contributed by atoms with E-state index in [-0.39, 0.29) is 0 Å². The van der Waals surface area contributed by atoms with Gasteiger partial charge in [0.1, 0.15) is 0 Å². The third-order valence-electron chi connectivity index (χ3n) is 4.29. The van der Waals surface area contributed by atoms with E-state index < -0.39 is 0 Å². The highest BCUT2D eigenvalue weighted by Crippen LogP contribution is 2.27. The quantitative estimate of drug-likeness (QED) is 0.549. The fraction of sp³-hybridized carbons (Fsp3) is 0.938. The lowest BCUT2D eigenvalue weighted by Crippen LogP contribution is -2.51. The topological polar surface area (TPSA) is 48.9 Å². The maximum atomic E-state index is 5.48. The number of hydrogen-bond donors (Lipinski definition) is 2. The molecule has 5 nitrogen and oxygen atoms in total. The van der Waals surface area contributed by atoms with Crippen LogP contribution in [0.3, 0.4) is 0 Å². The van der Waals surface area contributed by atoms with Crippen molar-refractivity contribution in [2.45, 2.75) is 39.2 Å². The SMILES string of the molecule is CN=C(NCC1CC1)NCC(CC(C)C)N1CCOCC1. The molecule has 2 N–H and O–H groups in total. The molecule has 0 aromatic heterocycles. The van der Waals surface area contributed by atoms with Crippen molar-refractivity contribution in [1.29, 1.82) is 0 Å². The third kappa shape index (κ3) is 6.22. The van der Waals surface area contributed by atoms with Crippen LogP contribution in [0, 0.1) is 11.8 Å². The van der Waals surface area contributed by atoms with Crippen LogP contribution in [0.15, 0.2) is 4.99 Å². The lowest BCUT2D eigenvalue weighted by molar-refractivity contribution is 0.0132. The Morgan fingerprint density at radius 2 is 1.95 bits per heavy atom. The first-order valence-corrected chi connectivity index (χ1v) is 8.45. The molecule has 1 unspecified atom stereocenters. The molecule has 0 bridgehead atoms. The van der Waals surface area contributed by atoms with Gasteiger partial charge in [-0.2, -0.15) is 0 Å². The molecule has 2 aliphatic rings. The normalized spacial score (nSPS) is 22.4. The fourth-order valence-corrected chi connectivity index (χ4v) is 2.85. The van der Waals surface area contributed by atoms with E-state index in [0.717, 1.165) is 51.3 Å². The van der Waals surface area contributed by atoms with Gasteiger partial charge in [0.15, 0.2) is 5.96 Å². The lowest BCUT2D eigenvalue weighted by Gasteiger charge is -2.35. The monoisotopic (exact) mass is 296 g/mol. The van der Waals surface area contributed by atoms with Gasteiger partial charge in [0, 0.05) is 39.3 Å². The predicted molar refractivity (Wildman–Crippen MR) is 87.7 cm³/mol. The minimum atomic E-state index is 0.563. The molecule has 5 heteroatoms. The van der Waals surface area contributed by atoms with E-state index in [2.05, 4.69) is 34.4 Å². The van der Waals surface area contributed by atoms with Crippen LogP contribution in [-0.2, 0) is 4.74 Å². The van der Waals surface area contributed by atoms with Gasteiger partial charge in [0.05, 0.1) is 13.2 Å². The van der Waals surface area contributed by atoms with Gasteiger partial charge >= 0.3 is 0 Å². The van der Waals surface area contributed by atoms with Crippen LogP contribution in [0.1, 0.15) is 33.1 Å². The second-order valence-corrected chi connectivity index (χ2v) is 6.71. The average molecular weight is 296 g/mol. The Bertz CT molecular complexity index is 322. The Labute approximate surface area is 129 Å². The zero-order chi connectivity index (χ0) is 15.1. The van der Waals surface area contributed by atoms with Crippen LogP contribution in [0.25, 0.3) is 0 Å². The van der Waals surface area contributed by atoms with E-state index in [1.807, 2.05) is 7.05 Å². The van der Waals surface area contributed by atoms with Crippen LogP contribution in [0.4, 0.5) is 0 Å².